The van der Waals surface area contributed by atoms with E-state index in [1.54, 1.807) is 25.1 Å². The van der Waals surface area contributed by atoms with E-state index in [0.717, 1.165) is 12.1 Å². The summed E-state index contributed by atoms with van der Waals surface area (Å²) in [6.07, 6.45) is 0. The van der Waals surface area contributed by atoms with Crippen LogP contribution in [0.2, 0.25) is 0 Å². The smallest absolute Gasteiger partial charge is 0.255 e. The third-order valence-corrected chi connectivity index (χ3v) is 4.55. The highest BCUT2D eigenvalue weighted by Crippen LogP contribution is 2.27. The second-order valence-electron chi connectivity index (χ2n) is 6.60. The van der Waals surface area contributed by atoms with Gasteiger partial charge in [-0.05, 0) is 32.5 Å². The zero-order valence-corrected chi connectivity index (χ0v) is 15.8. The molecule has 5 heteroatoms. The number of hydrogen-bond acceptors (Lipinski definition) is 4. The summed E-state index contributed by atoms with van der Waals surface area (Å²) in [5.41, 5.74) is 1.91. The Bertz CT molecular complexity index is 1010. The maximum atomic E-state index is 12.8. The topological polar surface area (TPSA) is 71.3 Å². The normalized spacial score (nSPS) is 12.1. The van der Waals surface area contributed by atoms with Gasteiger partial charge in [-0.25, -0.2) is 0 Å². The van der Waals surface area contributed by atoms with Crippen LogP contribution in [0.4, 0.5) is 0 Å². The van der Waals surface area contributed by atoms with Crippen molar-refractivity contribution in [3.63, 3.8) is 0 Å². The van der Waals surface area contributed by atoms with Crippen molar-refractivity contribution >= 4 is 16.9 Å². The molecular formula is C22H24N2O3. The van der Waals surface area contributed by atoms with Gasteiger partial charge in [-0.3, -0.25) is 9.59 Å². The summed E-state index contributed by atoms with van der Waals surface area (Å²) in [5.74, 6) is 0.241. The Morgan fingerprint density at radius 2 is 1.85 bits per heavy atom. The molecule has 0 bridgehead atoms. The molecule has 140 valence electrons. The van der Waals surface area contributed by atoms with Gasteiger partial charge in [0.25, 0.3) is 5.91 Å². The second-order valence-corrected chi connectivity index (χ2v) is 6.60. The van der Waals surface area contributed by atoms with E-state index >= 15 is 0 Å². The predicted molar refractivity (Wildman–Crippen MR) is 108 cm³/mol. The van der Waals surface area contributed by atoms with E-state index in [2.05, 4.69) is 10.6 Å². The fourth-order valence-corrected chi connectivity index (χ4v) is 3.11. The molecule has 2 N–H and O–H groups in total. The van der Waals surface area contributed by atoms with E-state index in [9.17, 15) is 9.59 Å². The molecule has 3 rings (SSSR count). The lowest BCUT2D eigenvalue weighted by molar-refractivity contribution is 0.0951. The molecule has 1 aromatic heterocycles. The van der Waals surface area contributed by atoms with Crippen LogP contribution in [0, 0.1) is 6.92 Å². The third-order valence-electron chi connectivity index (χ3n) is 4.55. The standard InChI is InChI=1S/C22H24N2O3/c1-4-23-14(2)13-24-22(26)18-12-8-11-17-19(25)15(3)20(27-21(17)18)16-9-6-5-7-10-16/h5-12,14,23H,4,13H2,1-3H3,(H,24,26)/t14-/m1/s1. The summed E-state index contributed by atoms with van der Waals surface area (Å²) in [4.78, 5) is 25.6. The number of rotatable bonds is 6. The van der Waals surface area contributed by atoms with E-state index < -0.39 is 0 Å². The Hall–Kier alpha value is -2.92. The zero-order valence-electron chi connectivity index (χ0n) is 15.8. The third kappa shape index (κ3) is 3.93. The van der Waals surface area contributed by atoms with E-state index in [4.69, 9.17) is 4.42 Å². The molecule has 0 aliphatic rings. The van der Waals surface area contributed by atoms with Crippen LogP contribution in [-0.2, 0) is 0 Å². The number of likely N-dealkylation sites (N-methyl/N-ethyl adjacent to an activating group) is 1. The van der Waals surface area contributed by atoms with Crippen molar-refractivity contribution in [3.05, 3.63) is 69.9 Å². The Kier molecular flexibility index (Phi) is 5.72. The summed E-state index contributed by atoms with van der Waals surface area (Å²) in [7, 11) is 0. The van der Waals surface area contributed by atoms with E-state index in [-0.39, 0.29) is 17.4 Å². The minimum absolute atomic E-state index is 0.120. The first-order valence-electron chi connectivity index (χ1n) is 9.16. The fourth-order valence-electron chi connectivity index (χ4n) is 3.11. The van der Waals surface area contributed by atoms with Crippen molar-refractivity contribution in [1.29, 1.82) is 0 Å². The molecule has 1 amide bonds. The lowest BCUT2D eigenvalue weighted by Crippen LogP contribution is -2.38. The van der Waals surface area contributed by atoms with Gasteiger partial charge >= 0.3 is 0 Å². The first-order valence-corrected chi connectivity index (χ1v) is 9.16. The molecule has 0 radical (unpaired) electrons. The Morgan fingerprint density at radius 3 is 2.56 bits per heavy atom. The van der Waals surface area contributed by atoms with Gasteiger partial charge in [0.2, 0.25) is 0 Å². The molecule has 0 aliphatic heterocycles. The zero-order chi connectivity index (χ0) is 19.4. The van der Waals surface area contributed by atoms with Gasteiger partial charge in [-0.1, -0.05) is 43.3 Å². The lowest BCUT2D eigenvalue weighted by Gasteiger charge is -2.14. The van der Waals surface area contributed by atoms with Crippen LogP contribution in [0.1, 0.15) is 29.8 Å². The predicted octanol–water partition coefficient (Wildman–Crippen LogP) is 3.50. The van der Waals surface area contributed by atoms with Crippen molar-refractivity contribution in [2.75, 3.05) is 13.1 Å². The van der Waals surface area contributed by atoms with Crippen LogP contribution in [0.15, 0.2) is 57.7 Å². The van der Waals surface area contributed by atoms with Crippen molar-refractivity contribution in [3.8, 4) is 11.3 Å². The van der Waals surface area contributed by atoms with Gasteiger partial charge in [0.15, 0.2) is 11.0 Å². The van der Waals surface area contributed by atoms with Gasteiger partial charge < -0.3 is 15.1 Å². The van der Waals surface area contributed by atoms with Gasteiger partial charge in [0.05, 0.1) is 10.9 Å². The lowest BCUT2D eigenvalue weighted by atomic mass is 10.0. The molecule has 0 unspecified atom stereocenters. The van der Waals surface area contributed by atoms with Crippen LogP contribution in [-0.4, -0.2) is 25.0 Å². The Labute approximate surface area is 158 Å². The van der Waals surface area contributed by atoms with Gasteiger partial charge in [0, 0.05) is 23.7 Å². The molecular weight excluding hydrogens is 340 g/mol. The first-order chi connectivity index (χ1) is 13.0. The number of carbonyl (C=O) groups excluding carboxylic acids is 1. The summed E-state index contributed by atoms with van der Waals surface area (Å²) < 4.78 is 6.09. The van der Waals surface area contributed by atoms with Crippen LogP contribution < -0.4 is 16.1 Å². The van der Waals surface area contributed by atoms with Crippen LogP contribution >= 0.6 is 0 Å². The van der Waals surface area contributed by atoms with E-state index in [0.29, 0.717) is 34.4 Å². The van der Waals surface area contributed by atoms with Crippen molar-refractivity contribution < 1.29 is 9.21 Å². The number of amides is 1. The van der Waals surface area contributed by atoms with Crippen LogP contribution in [0.5, 0.6) is 0 Å². The minimum Gasteiger partial charge on any atom is -0.455 e. The maximum absolute atomic E-state index is 12.8. The summed E-state index contributed by atoms with van der Waals surface area (Å²) >= 11 is 0. The van der Waals surface area contributed by atoms with Crippen molar-refractivity contribution in [2.45, 2.75) is 26.8 Å². The molecule has 5 nitrogen and oxygen atoms in total. The first kappa shape index (κ1) is 18.9. The van der Waals surface area contributed by atoms with Gasteiger partial charge in [0.1, 0.15) is 5.76 Å². The maximum Gasteiger partial charge on any atom is 0.255 e. The monoisotopic (exact) mass is 364 g/mol. The highest BCUT2D eigenvalue weighted by atomic mass is 16.3. The Balaban J connectivity index is 2.06. The molecule has 27 heavy (non-hydrogen) atoms. The molecule has 0 fully saturated rings. The van der Waals surface area contributed by atoms with Crippen LogP contribution in [0.3, 0.4) is 0 Å². The molecule has 0 aliphatic carbocycles. The number of fused-ring (bicyclic) bond motifs is 1. The molecule has 0 saturated heterocycles. The number of benzene rings is 2. The average molecular weight is 364 g/mol. The SMILES string of the molecule is CCN[C@H](C)CNC(=O)c1cccc2c(=O)c(C)c(-c3ccccc3)oc12. The highest BCUT2D eigenvalue weighted by molar-refractivity contribution is 6.05. The van der Waals surface area contributed by atoms with E-state index in [1.165, 1.54) is 0 Å². The Morgan fingerprint density at radius 1 is 1.11 bits per heavy atom. The molecule has 0 saturated carbocycles. The minimum atomic E-state index is -0.253. The largest absolute Gasteiger partial charge is 0.455 e. The average Bonchev–Trinajstić information content (AvgIpc) is 2.69. The molecule has 3 aromatic rings. The number of carbonyl (C=O) groups is 1. The highest BCUT2D eigenvalue weighted by Gasteiger charge is 2.18. The quantitative estimate of drug-likeness (QED) is 0.702. The van der Waals surface area contributed by atoms with Crippen LogP contribution in [0.25, 0.3) is 22.3 Å². The summed E-state index contributed by atoms with van der Waals surface area (Å²) in [5, 5.41) is 6.57. The van der Waals surface area contributed by atoms with Gasteiger partial charge in [-0.15, -0.1) is 0 Å². The summed E-state index contributed by atoms with van der Waals surface area (Å²) in [6.45, 7) is 7.10. The fraction of sp³-hybridized carbons (Fsp3) is 0.273. The number of hydrogen-bond donors (Lipinski definition) is 2. The van der Waals surface area contributed by atoms with Gasteiger partial charge in [-0.2, -0.15) is 0 Å². The van der Waals surface area contributed by atoms with Crippen molar-refractivity contribution in [1.82, 2.24) is 10.6 Å². The summed E-state index contributed by atoms with van der Waals surface area (Å²) in [6, 6.07) is 14.7. The second kappa shape index (κ2) is 8.18. The number of para-hydroxylation sites is 1. The molecule has 0 spiro atoms. The van der Waals surface area contributed by atoms with Crippen molar-refractivity contribution in [2.24, 2.45) is 0 Å². The molecule has 1 atom stereocenters. The molecule has 1 heterocycles. The van der Waals surface area contributed by atoms with E-state index in [1.807, 2.05) is 44.2 Å². The number of nitrogens with one attached hydrogen (secondary N) is 2. The molecule has 2 aromatic carbocycles.